The topological polar surface area (TPSA) is 31.2 Å². The summed E-state index contributed by atoms with van der Waals surface area (Å²) in [6.45, 7) is 1.61. The number of aromatic nitrogens is 1. The summed E-state index contributed by atoms with van der Waals surface area (Å²) in [5, 5.41) is 0.755. The van der Waals surface area contributed by atoms with Gasteiger partial charge < -0.3 is 9.30 Å². The first kappa shape index (κ1) is 11.9. The van der Waals surface area contributed by atoms with E-state index in [2.05, 4.69) is 4.74 Å². The van der Waals surface area contributed by atoms with Crippen molar-refractivity contribution in [3.63, 3.8) is 0 Å². The Morgan fingerprint density at radius 1 is 1.47 bits per heavy atom. The zero-order valence-electron chi connectivity index (χ0n) is 9.67. The first-order valence-corrected chi connectivity index (χ1v) is 5.38. The summed E-state index contributed by atoms with van der Waals surface area (Å²) in [5.41, 5.74) is 1.31. The third-order valence-corrected chi connectivity index (χ3v) is 3.32. The van der Waals surface area contributed by atoms with Gasteiger partial charge in [0.1, 0.15) is 16.5 Å². The molecule has 2 aromatic rings. The molecular weight excluding hydrogens is 245 g/mol. The number of esters is 1. The molecule has 0 radical (unpaired) electrons. The van der Waals surface area contributed by atoms with Gasteiger partial charge in [0.15, 0.2) is 0 Å². The number of hydrogen-bond acceptors (Lipinski definition) is 2. The maximum Gasteiger partial charge on any atom is 0.341 e. The predicted octanol–water partition coefficient (Wildman–Crippen LogP) is 3.07. The minimum atomic E-state index is -0.561. The van der Waals surface area contributed by atoms with Crippen LogP contribution in [0.2, 0.25) is 5.15 Å². The standard InChI is InChI=1S/C12H11ClFNO2/c1-6-7(14)4-5-8-9(6)10(12(16)17-3)11(13)15(8)2/h4-5H,1-3H3. The average Bonchev–Trinajstić information content (AvgIpc) is 2.57. The summed E-state index contributed by atoms with van der Waals surface area (Å²) in [6, 6.07) is 2.95. The van der Waals surface area contributed by atoms with Crippen LogP contribution in [-0.4, -0.2) is 17.6 Å². The van der Waals surface area contributed by atoms with E-state index in [-0.39, 0.29) is 16.5 Å². The van der Waals surface area contributed by atoms with Gasteiger partial charge >= 0.3 is 5.97 Å². The molecule has 0 saturated heterocycles. The lowest BCUT2D eigenvalue weighted by Crippen LogP contribution is -2.02. The normalized spacial score (nSPS) is 10.9. The summed E-state index contributed by atoms with van der Waals surface area (Å²) in [7, 11) is 2.99. The van der Waals surface area contributed by atoms with Crippen molar-refractivity contribution in [1.82, 2.24) is 4.57 Å². The Labute approximate surface area is 103 Å². The Kier molecular flexibility index (Phi) is 2.83. The van der Waals surface area contributed by atoms with Gasteiger partial charge in [0, 0.05) is 12.4 Å². The van der Waals surface area contributed by atoms with Crippen LogP contribution in [0.4, 0.5) is 4.39 Å². The van der Waals surface area contributed by atoms with Gasteiger partial charge in [0.05, 0.1) is 12.6 Å². The molecule has 0 bridgehead atoms. The molecule has 0 aliphatic rings. The maximum atomic E-state index is 13.5. The van der Waals surface area contributed by atoms with E-state index in [9.17, 15) is 9.18 Å². The van der Waals surface area contributed by atoms with Crippen LogP contribution in [0.5, 0.6) is 0 Å². The number of carbonyl (C=O) groups excluding carboxylic acids is 1. The van der Waals surface area contributed by atoms with E-state index < -0.39 is 5.97 Å². The molecule has 0 aliphatic carbocycles. The number of nitrogens with zero attached hydrogens (tertiary/aromatic N) is 1. The predicted molar refractivity (Wildman–Crippen MR) is 64.0 cm³/mol. The number of fused-ring (bicyclic) bond motifs is 1. The van der Waals surface area contributed by atoms with Crippen LogP contribution >= 0.6 is 11.6 Å². The highest BCUT2D eigenvalue weighted by atomic mass is 35.5. The molecule has 1 aromatic heterocycles. The molecule has 0 spiro atoms. The van der Waals surface area contributed by atoms with E-state index in [0.717, 1.165) is 0 Å². The molecular formula is C12H11ClFNO2. The molecule has 0 aliphatic heterocycles. The second kappa shape index (κ2) is 4.04. The summed E-state index contributed by atoms with van der Waals surface area (Å²) in [5.74, 6) is -0.931. The third kappa shape index (κ3) is 1.60. The van der Waals surface area contributed by atoms with Crippen molar-refractivity contribution in [3.05, 3.63) is 34.2 Å². The van der Waals surface area contributed by atoms with Crippen molar-refractivity contribution in [2.24, 2.45) is 7.05 Å². The second-order valence-corrected chi connectivity index (χ2v) is 4.14. The van der Waals surface area contributed by atoms with Gasteiger partial charge in [-0.3, -0.25) is 0 Å². The second-order valence-electron chi connectivity index (χ2n) is 3.78. The Bertz CT molecular complexity index is 619. The van der Waals surface area contributed by atoms with Crippen molar-refractivity contribution in [3.8, 4) is 0 Å². The zero-order valence-corrected chi connectivity index (χ0v) is 10.4. The van der Waals surface area contributed by atoms with E-state index in [4.69, 9.17) is 11.6 Å². The van der Waals surface area contributed by atoms with Crippen LogP contribution in [0, 0.1) is 12.7 Å². The molecule has 0 N–H and O–H groups in total. The Morgan fingerprint density at radius 2 is 2.12 bits per heavy atom. The first-order valence-electron chi connectivity index (χ1n) is 5.00. The van der Waals surface area contributed by atoms with Gasteiger partial charge in [0.2, 0.25) is 0 Å². The monoisotopic (exact) mass is 255 g/mol. The number of benzene rings is 1. The highest BCUT2D eigenvalue weighted by Gasteiger charge is 2.23. The molecule has 0 atom stereocenters. The lowest BCUT2D eigenvalue weighted by atomic mass is 10.1. The van der Waals surface area contributed by atoms with Crippen molar-refractivity contribution in [1.29, 1.82) is 0 Å². The van der Waals surface area contributed by atoms with Crippen molar-refractivity contribution in [2.75, 3.05) is 7.11 Å². The molecule has 5 heteroatoms. The first-order chi connectivity index (χ1) is 7.99. The quantitative estimate of drug-likeness (QED) is 0.734. The molecule has 90 valence electrons. The largest absolute Gasteiger partial charge is 0.465 e. The lowest BCUT2D eigenvalue weighted by molar-refractivity contribution is 0.0603. The van der Waals surface area contributed by atoms with Crippen LogP contribution in [0.1, 0.15) is 15.9 Å². The van der Waals surface area contributed by atoms with Crippen LogP contribution < -0.4 is 0 Å². The van der Waals surface area contributed by atoms with Crippen LogP contribution in [-0.2, 0) is 11.8 Å². The number of hydrogen-bond donors (Lipinski definition) is 0. The number of rotatable bonds is 1. The smallest absolute Gasteiger partial charge is 0.341 e. The van der Waals surface area contributed by atoms with E-state index in [1.165, 1.54) is 13.2 Å². The number of carbonyl (C=O) groups is 1. The highest BCUT2D eigenvalue weighted by molar-refractivity contribution is 6.35. The Balaban J connectivity index is 2.96. The summed E-state index contributed by atoms with van der Waals surface area (Å²) >= 11 is 6.07. The Morgan fingerprint density at radius 3 is 2.71 bits per heavy atom. The Hall–Kier alpha value is -1.55. The van der Waals surface area contributed by atoms with Crippen molar-refractivity contribution >= 4 is 28.5 Å². The average molecular weight is 256 g/mol. The maximum absolute atomic E-state index is 13.5. The fraction of sp³-hybridized carbons (Fsp3) is 0.250. The van der Waals surface area contributed by atoms with Gasteiger partial charge in [-0.2, -0.15) is 0 Å². The minimum absolute atomic E-state index is 0.212. The van der Waals surface area contributed by atoms with E-state index in [0.29, 0.717) is 16.5 Å². The van der Waals surface area contributed by atoms with Crippen LogP contribution in [0.3, 0.4) is 0 Å². The molecule has 1 heterocycles. The minimum Gasteiger partial charge on any atom is -0.465 e. The van der Waals surface area contributed by atoms with Crippen molar-refractivity contribution < 1.29 is 13.9 Å². The summed E-state index contributed by atoms with van der Waals surface area (Å²) in [4.78, 5) is 11.7. The summed E-state index contributed by atoms with van der Waals surface area (Å²) in [6.07, 6.45) is 0. The van der Waals surface area contributed by atoms with Gasteiger partial charge in [-0.25, -0.2) is 9.18 Å². The molecule has 17 heavy (non-hydrogen) atoms. The van der Waals surface area contributed by atoms with Gasteiger partial charge in [-0.1, -0.05) is 11.6 Å². The fourth-order valence-electron chi connectivity index (χ4n) is 1.93. The number of aryl methyl sites for hydroxylation is 2. The molecule has 2 rings (SSSR count). The van der Waals surface area contributed by atoms with Crippen molar-refractivity contribution in [2.45, 2.75) is 6.92 Å². The van der Waals surface area contributed by atoms with Gasteiger partial charge in [-0.05, 0) is 24.6 Å². The molecule has 0 saturated carbocycles. The fourth-order valence-corrected chi connectivity index (χ4v) is 2.19. The van der Waals surface area contributed by atoms with E-state index in [1.807, 2.05) is 0 Å². The molecule has 3 nitrogen and oxygen atoms in total. The van der Waals surface area contributed by atoms with Gasteiger partial charge in [-0.15, -0.1) is 0 Å². The summed E-state index contributed by atoms with van der Waals surface area (Å²) < 4.78 is 19.8. The SMILES string of the molecule is COC(=O)c1c(Cl)n(C)c2ccc(F)c(C)c12. The number of halogens is 2. The molecule has 0 fully saturated rings. The molecule has 1 aromatic carbocycles. The van der Waals surface area contributed by atoms with E-state index in [1.54, 1.807) is 24.6 Å². The highest BCUT2D eigenvalue weighted by Crippen LogP contribution is 2.32. The molecule has 0 amide bonds. The number of ether oxygens (including phenoxy) is 1. The van der Waals surface area contributed by atoms with Crippen LogP contribution in [0.25, 0.3) is 10.9 Å². The van der Waals surface area contributed by atoms with Gasteiger partial charge in [0.25, 0.3) is 0 Å². The number of methoxy groups -OCH3 is 1. The molecule has 0 unspecified atom stereocenters. The lowest BCUT2D eigenvalue weighted by Gasteiger charge is -2.02. The zero-order chi connectivity index (χ0) is 12.7. The van der Waals surface area contributed by atoms with E-state index >= 15 is 0 Å². The third-order valence-electron chi connectivity index (χ3n) is 2.88. The van der Waals surface area contributed by atoms with Crippen LogP contribution in [0.15, 0.2) is 12.1 Å².